The monoisotopic (exact) mass is 587 g/mol. The molecule has 9 nitrogen and oxygen atoms in total. The molecule has 5 heterocycles. The van der Waals surface area contributed by atoms with Crippen LogP contribution in [-0.2, 0) is 11.3 Å². The van der Waals surface area contributed by atoms with E-state index >= 15 is 0 Å². The first-order valence-electron chi connectivity index (χ1n) is 15.1. The van der Waals surface area contributed by atoms with E-state index in [1.165, 1.54) is 5.56 Å². The van der Waals surface area contributed by atoms with Crippen LogP contribution in [0, 0.1) is 5.41 Å². The summed E-state index contributed by atoms with van der Waals surface area (Å²) in [6.07, 6.45) is 2.58. The van der Waals surface area contributed by atoms with Gasteiger partial charge in [0, 0.05) is 49.0 Å². The molecule has 0 saturated carbocycles. The Morgan fingerprint density at radius 3 is 2.43 bits per heavy atom. The Morgan fingerprint density at radius 1 is 0.932 bits per heavy atom. The Hall–Kier alpha value is -4.76. The number of hydrogen-bond donors (Lipinski definition) is 1. The summed E-state index contributed by atoms with van der Waals surface area (Å²) in [4.78, 5) is 31.1. The van der Waals surface area contributed by atoms with Gasteiger partial charge in [0.1, 0.15) is 16.9 Å². The van der Waals surface area contributed by atoms with Gasteiger partial charge in [-0.25, -0.2) is 19.7 Å². The minimum Gasteiger partial charge on any atom is -0.444 e. The number of anilines is 1. The first-order chi connectivity index (χ1) is 21.2. The predicted molar refractivity (Wildman–Crippen MR) is 172 cm³/mol. The fourth-order valence-corrected chi connectivity index (χ4v) is 6.41. The van der Waals surface area contributed by atoms with Crippen molar-refractivity contribution in [1.82, 2.24) is 29.3 Å². The van der Waals surface area contributed by atoms with Crippen LogP contribution in [-0.4, -0.2) is 67.2 Å². The summed E-state index contributed by atoms with van der Waals surface area (Å²) in [5.74, 6) is 1.13. The number of amides is 1. The molecular formula is C35H37N7O2. The van der Waals surface area contributed by atoms with Gasteiger partial charge in [0.2, 0.25) is 0 Å². The maximum Gasteiger partial charge on any atom is 0.410 e. The van der Waals surface area contributed by atoms with Crippen molar-refractivity contribution < 1.29 is 9.53 Å². The Morgan fingerprint density at radius 2 is 1.70 bits per heavy atom. The molecule has 0 bridgehead atoms. The van der Waals surface area contributed by atoms with Gasteiger partial charge in [0.15, 0.2) is 11.5 Å². The number of carbonyl (C=O) groups is 1. The molecule has 7 rings (SSSR count). The second-order valence-corrected chi connectivity index (χ2v) is 13.1. The third-order valence-corrected chi connectivity index (χ3v) is 8.48. The Labute approximate surface area is 257 Å². The highest BCUT2D eigenvalue weighted by molar-refractivity contribution is 5.84. The summed E-state index contributed by atoms with van der Waals surface area (Å²) in [5.41, 5.74) is 12.5. The molecule has 0 aliphatic carbocycles. The molecule has 2 aromatic carbocycles. The molecule has 1 amide bonds. The van der Waals surface area contributed by atoms with Crippen molar-refractivity contribution in [1.29, 1.82) is 0 Å². The molecule has 0 unspecified atom stereocenters. The van der Waals surface area contributed by atoms with Crippen molar-refractivity contribution >= 4 is 23.1 Å². The van der Waals surface area contributed by atoms with Gasteiger partial charge in [-0.3, -0.25) is 9.47 Å². The third-order valence-electron chi connectivity index (χ3n) is 8.48. The number of nitrogen functional groups attached to an aromatic ring is 1. The summed E-state index contributed by atoms with van der Waals surface area (Å²) in [7, 11) is 0. The van der Waals surface area contributed by atoms with Gasteiger partial charge in [-0.15, -0.1) is 0 Å². The van der Waals surface area contributed by atoms with Crippen LogP contribution in [0.3, 0.4) is 0 Å². The van der Waals surface area contributed by atoms with Gasteiger partial charge in [-0.05, 0) is 75.7 Å². The van der Waals surface area contributed by atoms with Crippen LogP contribution >= 0.6 is 0 Å². The van der Waals surface area contributed by atoms with Crippen LogP contribution in [0.2, 0.25) is 0 Å². The summed E-state index contributed by atoms with van der Waals surface area (Å²) in [6.45, 7) is 10.1. The molecule has 5 aromatic rings. The molecule has 0 atom stereocenters. The normalized spacial score (nSPS) is 16.4. The number of hydrogen-bond acceptors (Lipinski definition) is 7. The van der Waals surface area contributed by atoms with Gasteiger partial charge in [0.05, 0.1) is 11.3 Å². The molecule has 2 saturated heterocycles. The minimum atomic E-state index is -0.470. The first-order valence-corrected chi connectivity index (χ1v) is 15.1. The third kappa shape index (κ3) is 5.39. The lowest BCUT2D eigenvalue weighted by Crippen LogP contribution is -2.60. The van der Waals surface area contributed by atoms with Gasteiger partial charge in [-0.2, -0.15) is 0 Å². The highest BCUT2D eigenvalue weighted by Crippen LogP contribution is 2.41. The molecule has 0 radical (unpaired) electrons. The maximum absolute atomic E-state index is 12.5. The number of carbonyl (C=O) groups excluding carboxylic acids is 1. The van der Waals surface area contributed by atoms with E-state index in [2.05, 4.69) is 50.8 Å². The van der Waals surface area contributed by atoms with E-state index in [9.17, 15) is 4.79 Å². The van der Waals surface area contributed by atoms with E-state index in [1.54, 1.807) is 6.20 Å². The van der Waals surface area contributed by atoms with Gasteiger partial charge < -0.3 is 15.4 Å². The van der Waals surface area contributed by atoms with E-state index in [1.807, 2.05) is 68.1 Å². The molecule has 2 aliphatic heterocycles. The van der Waals surface area contributed by atoms with Gasteiger partial charge in [-0.1, -0.05) is 42.5 Å². The van der Waals surface area contributed by atoms with Crippen molar-refractivity contribution in [3.8, 4) is 28.3 Å². The predicted octanol–water partition coefficient (Wildman–Crippen LogP) is 6.17. The fraction of sp³-hybridized carbons (Fsp3) is 0.314. The number of nitrogens with two attached hydrogens (primary N) is 1. The van der Waals surface area contributed by atoms with E-state index in [0.717, 1.165) is 72.8 Å². The zero-order valence-electron chi connectivity index (χ0n) is 25.4. The van der Waals surface area contributed by atoms with Crippen molar-refractivity contribution in [2.75, 3.05) is 31.9 Å². The van der Waals surface area contributed by atoms with Crippen LogP contribution in [0.1, 0.15) is 32.8 Å². The lowest BCUT2D eigenvalue weighted by Gasteiger charge is -2.47. The molecule has 1 spiro atoms. The summed E-state index contributed by atoms with van der Waals surface area (Å²) < 4.78 is 7.63. The van der Waals surface area contributed by atoms with Gasteiger partial charge >= 0.3 is 6.09 Å². The molecular weight excluding hydrogens is 550 g/mol. The van der Waals surface area contributed by atoms with Crippen molar-refractivity contribution in [3.05, 3.63) is 90.6 Å². The number of rotatable bonds is 5. The Balaban J connectivity index is 1.13. The van der Waals surface area contributed by atoms with Crippen LogP contribution in [0.5, 0.6) is 0 Å². The van der Waals surface area contributed by atoms with E-state index in [4.69, 9.17) is 20.4 Å². The second-order valence-electron chi connectivity index (χ2n) is 13.1. The summed E-state index contributed by atoms with van der Waals surface area (Å²) in [6, 6.07) is 26.6. The average molecular weight is 588 g/mol. The number of fused-ring (bicyclic) bond motifs is 1. The Kier molecular flexibility index (Phi) is 6.85. The molecule has 2 fully saturated rings. The molecule has 2 aliphatic rings. The highest BCUT2D eigenvalue weighted by Gasteiger charge is 2.50. The van der Waals surface area contributed by atoms with E-state index < -0.39 is 5.60 Å². The van der Waals surface area contributed by atoms with Crippen LogP contribution in [0.15, 0.2) is 85.1 Å². The zero-order chi connectivity index (χ0) is 30.5. The van der Waals surface area contributed by atoms with Crippen LogP contribution in [0.25, 0.3) is 39.5 Å². The van der Waals surface area contributed by atoms with E-state index in [0.29, 0.717) is 11.6 Å². The number of pyridine rings is 2. The number of imidazole rings is 1. The Bertz CT molecular complexity index is 1820. The first kappa shape index (κ1) is 28.0. The lowest BCUT2D eigenvalue weighted by atomic mass is 9.79. The van der Waals surface area contributed by atoms with E-state index in [-0.39, 0.29) is 11.5 Å². The molecule has 2 N–H and O–H groups in total. The summed E-state index contributed by atoms with van der Waals surface area (Å²) in [5, 5.41) is 0. The standard InChI is InChI=1S/C35H37N7O2/c1-34(2,3)44-33(43)41-22-35(23-41)17-19-40(21-35)20-24-11-13-26(14-12-24)42-31(27-10-7-18-37-30(27)36)39-29-16-15-28(38-32(29)42)25-8-5-4-6-9-25/h4-16,18H,17,19-23H2,1-3H3,(H2,36,37). The number of likely N-dealkylation sites (tertiary alicyclic amines) is 2. The summed E-state index contributed by atoms with van der Waals surface area (Å²) >= 11 is 0. The molecule has 9 heteroatoms. The topological polar surface area (TPSA) is 102 Å². The van der Waals surface area contributed by atoms with Crippen molar-refractivity contribution in [2.24, 2.45) is 5.41 Å². The fourth-order valence-electron chi connectivity index (χ4n) is 6.41. The zero-order valence-corrected chi connectivity index (χ0v) is 25.4. The molecule has 224 valence electrons. The number of ether oxygens (including phenoxy) is 1. The molecule has 3 aromatic heterocycles. The number of benzene rings is 2. The quantitative estimate of drug-likeness (QED) is 0.262. The minimum absolute atomic E-state index is 0.174. The van der Waals surface area contributed by atoms with Crippen LogP contribution in [0.4, 0.5) is 10.6 Å². The largest absolute Gasteiger partial charge is 0.444 e. The van der Waals surface area contributed by atoms with Crippen LogP contribution < -0.4 is 5.73 Å². The second kappa shape index (κ2) is 10.7. The lowest BCUT2D eigenvalue weighted by molar-refractivity contribution is -0.0306. The van der Waals surface area contributed by atoms with Crippen molar-refractivity contribution in [2.45, 2.75) is 39.3 Å². The van der Waals surface area contributed by atoms with Crippen molar-refractivity contribution in [3.63, 3.8) is 0 Å². The maximum atomic E-state index is 12.5. The SMILES string of the molecule is CC(C)(C)OC(=O)N1CC2(CCN(Cc3ccc(-n4c(-c5cccnc5N)nc5ccc(-c6ccccc6)nc54)cc3)C2)C1. The molecule has 44 heavy (non-hydrogen) atoms. The number of nitrogens with zero attached hydrogens (tertiary/aromatic N) is 6. The average Bonchev–Trinajstić information content (AvgIpc) is 3.58. The van der Waals surface area contributed by atoms with Gasteiger partial charge in [0.25, 0.3) is 0 Å². The smallest absolute Gasteiger partial charge is 0.410 e. The number of aromatic nitrogens is 4. The highest BCUT2D eigenvalue weighted by atomic mass is 16.6.